The van der Waals surface area contributed by atoms with Gasteiger partial charge in [-0.2, -0.15) is 0 Å². The topological polar surface area (TPSA) is 124 Å². The Labute approximate surface area is 210 Å². The summed E-state index contributed by atoms with van der Waals surface area (Å²) in [5.41, 5.74) is -0.804. The van der Waals surface area contributed by atoms with Gasteiger partial charge in [-0.25, -0.2) is 13.2 Å². The van der Waals surface area contributed by atoms with E-state index in [4.69, 9.17) is 28.4 Å². The fraction of sp³-hybridized carbons (Fsp3) is 0.360. The number of rotatable bonds is 11. The Kier molecular flexibility index (Phi) is 9.35. The summed E-state index contributed by atoms with van der Waals surface area (Å²) in [5.74, 6) is -0.495. The van der Waals surface area contributed by atoms with Gasteiger partial charge in [-0.3, -0.25) is 4.79 Å². The van der Waals surface area contributed by atoms with Crippen LogP contribution in [-0.4, -0.2) is 54.4 Å². The maximum atomic E-state index is 12.9. The zero-order valence-corrected chi connectivity index (χ0v) is 22.1. The van der Waals surface area contributed by atoms with Gasteiger partial charge in [0.1, 0.15) is 17.2 Å². The van der Waals surface area contributed by atoms with Crippen molar-refractivity contribution < 1.29 is 46.4 Å². The highest BCUT2D eigenvalue weighted by molar-refractivity contribution is 7.93. The lowest BCUT2D eigenvalue weighted by Crippen LogP contribution is -2.40. The SMILES string of the molecule is COc1cc(OC)c(/C=C/S(=O)(=O)Cc2ccc(OC)c(OC(=O)C(C)(C)OC(C)=O)c2)c(OC)c1. The molecule has 0 atom stereocenters. The van der Waals surface area contributed by atoms with E-state index in [2.05, 4.69) is 0 Å². The third kappa shape index (κ3) is 7.38. The monoisotopic (exact) mass is 522 g/mol. The minimum atomic E-state index is -3.78. The summed E-state index contributed by atoms with van der Waals surface area (Å²) in [6, 6.07) is 7.60. The number of esters is 2. The Morgan fingerprint density at radius 3 is 1.94 bits per heavy atom. The van der Waals surface area contributed by atoms with Crippen LogP contribution in [0.3, 0.4) is 0 Å². The normalized spacial score (nSPS) is 11.6. The van der Waals surface area contributed by atoms with Crippen LogP contribution in [0.2, 0.25) is 0 Å². The quantitative estimate of drug-likeness (QED) is 0.320. The molecule has 11 heteroatoms. The van der Waals surface area contributed by atoms with Crippen molar-refractivity contribution >= 4 is 27.9 Å². The first-order chi connectivity index (χ1) is 16.9. The molecule has 2 rings (SSSR count). The molecule has 0 aliphatic carbocycles. The number of carbonyl (C=O) groups is 2. The second-order valence-corrected chi connectivity index (χ2v) is 9.92. The highest BCUT2D eigenvalue weighted by Crippen LogP contribution is 2.35. The molecule has 0 aliphatic heterocycles. The van der Waals surface area contributed by atoms with Gasteiger partial charge in [-0.15, -0.1) is 0 Å². The Morgan fingerprint density at radius 2 is 1.44 bits per heavy atom. The molecule has 2 aromatic rings. The predicted molar refractivity (Wildman–Crippen MR) is 132 cm³/mol. The van der Waals surface area contributed by atoms with E-state index in [1.807, 2.05) is 0 Å². The molecule has 0 amide bonds. The summed E-state index contributed by atoms with van der Waals surface area (Å²) >= 11 is 0. The maximum absolute atomic E-state index is 12.9. The summed E-state index contributed by atoms with van der Waals surface area (Å²) in [4.78, 5) is 23.8. The predicted octanol–water partition coefficient (Wildman–Crippen LogP) is 3.55. The second kappa shape index (κ2) is 11.8. The van der Waals surface area contributed by atoms with E-state index < -0.39 is 33.1 Å². The molecule has 0 N–H and O–H groups in total. The van der Waals surface area contributed by atoms with E-state index in [0.717, 1.165) is 5.41 Å². The standard InChI is InChI=1S/C25H30O10S/c1-16(26)35-25(2,3)24(27)34-23-12-17(8-9-20(23)31-5)15-36(28,29)11-10-19-21(32-6)13-18(30-4)14-22(19)33-7/h8-14H,15H2,1-7H3/b11-10+. The van der Waals surface area contributed by atoms with Gasteiger partial charge in [0.15, 0.2) is 21.3 Å². The van der Waals surface area contributed by atoms with Crippen molar-refractivity contribution in [2.75, 3.05) is 28.4 Å². The molecule has 0 unspecified atom stereocenters. The summed E-state index contributed by atoms with van der Waals surface area (Å²) in [5, 5.41) is 1.04. The van der Waals surface area contributed by atoms with Crippen molar-refractivity contribution in [1.82, 2.24) is 0 Å². The average Bonchev–Trinajstić information content (AvgIpc) is 2.81. The second-order valence-electron chi connectivity index (χ2n) is 8.03. The first kappa shape index (κ1) is 28.5. The third-order valence-electron chi connectivity index (χ3n) is 4.88. The lowest BCUT2D eigenvalue weighted by atomic mass is 10.1. The molecule has 196 valence electrons. The van der Waals surface area contributed by atoms with Crippen LogP contribution in [0.5, 0.6) is 28.7 Å². The van der Waals surface area contributed by atoms with Gasteiger partial charge < -0.3 is 28.4 Å². The van der Waals surface area contributed by atoms with Gasteiger partial charge in [0.2, 0.25) is 5.60 Å². The van der Waals surface area contributed by atoms with Crippen molar-refractivity contribution in [3.63, 3.8) is 0 Å². The highest BCUT2D eigenvalue weighted by Gasteiger charge is 2.34. The van der Waals surface area contributed by atoms with E-state index >= 15 is 0 Å². The molecular formula is C25H30O10S. The van der Waals surface area contributed by atoms with Crippen LogP contribution in [0.4, 0.5) is 0 Å². The van der Waals surface area contributed by atoms with Crippen LogP contribution in [0.1, 0.15) is 31.9 Å². The van der Waals surface area contributed by atoms with Crippen LogP contribution < -0.4 is 23.7 Å². The van der Waals surface area contributed by atoms with Crippen LogP contribution in [0.25, 0.3) is 6.08 Å². The molecule has 0 heterocycles. The zero-order chi connectivity index (χ0) is 27.1. The number of carbonyl (C=O) groups excluding carboxylic acids is 2. The van der Waals surface area contributed by atoms with Crippen molar-refractivity contribution in [3.05, 3.63) is 46.9 Å². The van der Waals surface area contributed by atoms with Gasteiger partial charge in [0.05, 0.1) is 39.8 Å². The Morgan fingerprint density at radius 1 is 0.861 bits per heavy atom. The third-order valence-corrected chi connectivity index (χ3v) is 6.17. The van der Waals surface area contributed by atoms with Gasteiger partial charge in [-0.05, 0) is 37.6 Å². The molecular weight excluding hydrogens is 492 g/mol. The number of hydrogen-bond donors (Lipinski definition) is 0. The Hall–Kier alpha value is -3.73. The lowest BCUT2D eigenvalue weighted by Gasteiger charge is -2.22. The maximum Gasteiger partial charge on any atom is 0.355 e. The first-order valence-corrected chi connectivity index (χ1v) is 12.4. The van der Waals surface area contributed by atoms with Gasteiger partial charge in [-0.1, -0.05) is 6.07 Å². The van der Waals surface area contributed by atoms with E-state index in [9.17, 15) is 18.0 Å². The zero-order valence-electron chi connectivity index (χ0n) is 21.2. The van der Waals surface area contributed by atoms with Gasteiger partial charge >= 0.3 is 11.9 Å². The van der Waals surface area contributed by atoms with Crippen LogP contribution >= 0.6 is 0 Å². The van der Waals surface area contributed by atoms with E-state index in [-0.39, 0.29) is 11.5 Å². The summed E-state index contributed by atoms with van der Waals surface area (Å²) in [6.07, 6.45) is 1.37. The van der Waals surface area contributed by atoms with Crippen LogP contribution in [0.15, 0.2) is 35.7 Å². The Balaban J connectivity index is 2.33. The molecule has 0 aliphatic rings. The number of methoxy groups -OCH3 is 4. The first-order valence-electron chi connectivity index (χ1n) is 10.7. The number of benzene rings is 2. The van der Waals surface area contributed by atoms with E-state index in [1.165, 1.54) is 73.5 Å². The fourth-order valence-corrected chi connectivity index (χ4v) is 4.25. The van der Waals surface area contributed by atoms with Gasteiger partial charge in [0.25, 0.3) is 0 Å². The molecule has 0 spiro atoms. The Bertz CT molecular complexity index is 1220. The van der Waals surface area contributed by atoms with Crippen molar-refractivity contribution in [2.24, 2.45) is 0 Å². The van der Waals surface area contributed by atoms with Crippen molar-refractivity contribution in [1.29, 1.82) is 0 Å². The van der Waals surface area contributed by atoms with Crippen LogP contribution in [0, 0.1) is 0 Å². The molecule has 0 bridgehead atoms. The molecule has 2 aromatic carbocycles. The summed E-state index contributed by atoms with van der Waals surface area (Å²) in [7, 11) is 1.98. The smallest absolute Gasteiger partial charge is 0.355 e. The molecule has 0 fully saturated rings. The van der Waals surface area contributed by atoms with Crippen molar-refractivity contribution in [2.45, 2.75) is 32.1 Å². The molecule has 10 nitrogen and oxygen atoms in total. The highest BCUT2D eigenvalue weighted by atomic mass is 32.2. The molecule has 0 saturated carbocycles. The summed E-state index contributed by atoms with van der Waals surface area (Å²) in [6.45, 7) is 3.93. The molecule has 0 saturated heterocycles. The molecule has 0 aromatic heterocycles. The average molecular weight is 523 g/mol. The van der Waals surface area contributed by atoms with E-state index in [0.29, 0.717) is 28.4 Å². The minimum Gasteiger partial charge on any atom is -0.496 e. The summed E-state index contributed by atoms with van der Waals surface area (Å²) < 4.78 is 57.2. The van der Waals surface area contributed by atoms with Crippen LogP contribution in [-0.2, 0) is 29.9 Å². The van der Waals surface area contributed by atoms with Crippen molar-refractivity contribution in [3.8, 4) is 28.7 Å². The number of sulfone groups is 1. The molecule has 0 radical (unpaired) electrons. The number of hydrogen-bond acceptors (Lipinski definition) is 10. The van der Waals surface area contributed by atoms with E-state index in [1.54, 1.807) is 12.1 Å². The minimum absolute atomic E-state index is 0.0158. The number of ether oxygens (including phenoxy) is 6. The van der Waals surface area contributed by atoms with Gasteiger partial charge in [0, 0.05) is 24.5 Å². The lowest BCUT2D eigenvalue weighted by molar-refractivity contribution is -0.170. The fourth-order valence-electron chi connectivity index (χ4n) is 3.16. The largest absolute Gasteiger partial charge is 0.496 e. The molecule has 36 heavy (non-hydrogen) atoms.